The molecule has 7 N–H and O–H groups in total. The van der Waals surface area contributed by atoms with Crippen LogP contribution in [0.3, 0.4) is 0 Å². The van der Waals surface area contributed by atoms with Crippen molar-refractivity contribution < 1.29 is 66.0 Å². The van der Waals surface area contributed by atoms with E-state index in [0.717, 1.165) is 23.8 Å². The second-order valence-electron chi connectivity index (χ2n) is 14.7. The number of aromatic nitrogens is 1. The average Bonchev–Trinajstić information content (AvgIpc) is 3.58. The van der Waals surface area contributed by atoms with Crippen LogP contribution >= 0.6 is 15.9 Å². The summed E-state index contributed by atoms with van der Waals surface area (Å²) in [5, 5.41) is 31.3. The summed E-state index contributed by atoms with van der Waals surface area (Å²) in [6.07, 6.45) is -3.57. The van der Waals surface area contributed by atoms with Gasteiger partial charge in [-0.05, 0) is 54.5 Å². The molecule has 60 heavy (non-hydrogen) atoms. The van der Waals surface area contributed by atoms with E-state index in [-0.39, 0.29) is 61.9 Å². The normalized spacial score (nSPS) is 12.9. The third-order valence-corrected chi connectivity index (χ3v) is 9.39. The van der Waals surface area contributed by atoms with Crippen molar-refractivity contribution in [3.63, 3.8) is 0 Å². The summed E-state index contributed by atoms with van der Waals surface area (Å²) in [6.45, 7) is 5.28. The molecule has 3 rings (SSSR count). The first-order chi connectivity index (χ1) is 28.0. The minimum Gasteiger partial charge on any atom is -0.481 e. The number of carbonyl (C=O) groups is 6. The highest BCUT2D eigenvalue weighted by atomic mass is 79.9. The van der Waals surface area contributed by atoms with Crippen LogP contribution in [0.4, 0.5) is 22.0 Å². The highest BCUT2D eigenvalue weighted by Crippen LogP contribution is 2.41. The highest BCUT2D eigenvalue weighted by Gasteiger charge is 2.39. The number of carboxylic acid groups (broad SMARTS) is 2. The van der Waals surface area contributed by atoms with Gasteiger partial charge in [-0.2, -0.15) is 13.2 Å². The van der Waals surface area contributed by atoms with Crippen molar-refractivity contribution in [1.29, 1.82) is 0 Å². The fraction of sp³-hybridized carbons (Fsp3) is 0.450. The fourth-order valence-electron chi connectivity index (χ4n) is 6.10. The second kappa shape index (κ2) is 23.5. The summed E-state index contributed by atoms with van der Waals surface area (Å²) in [4.78, 5) is 72.2. The van der Waals surface area contributed by atoms with Gasteiger partial charge in [0.25, 0.3) is 0 Å². The van der Waals surface area contributed by atoms with Gasteiger partial charge in [0.05, 0.1) is 23.5 Å². The number of halogens is 6. The largest absolute Gasteiger partial charge is 0.490 e. The fourth-order valence-corrected chi connectivity index (χ4v) is 6.27. The zero-order valence-corrected chi connectivity index (χ0v) is 34.7. The molecule has 330 valence electrons. The Bertz CT molecular complexity index is 1940. The van der Waals surface area contributed by atoms with E-state index in [1.54, 1.807) is 12.3 Å². The maximum atomic E-state index is 15.0. The third kappa shape index (κ3) is 16.4. The molecule has 3 aromatic rings. The van der Waals surface area contributed by atoms with Crippen LogP contribution in [-0.2, 0) is 35.3 Å². The lowest BCUT2D eigenvalue weighted by Crippen LogP contribution is -2.47. The summed E-state index contributed by atoms with van der Waals surface area (Å²) in [7, 11) is 0. The smallest absolute Gasteiger partial charge is 0.481 e. The number of nitrogens with two attached hydrogens (primary N) is 1. The number of alkyl halides is 4. The minimum absolute atomic E-state index is 0.00367. The van der Waals surface area contributed by atoms with Crippen LogP contribution in [0.1, 0.15) is 70.2 Å². The summed E-state index contributed by atoms with van der Waals surface area (Å²) in [6, 6.07) is 11.6. The van der Waals surface area contributed by atoms with Crippen molar-refractivity contribution in [2.45, 2.75) is 83.7 Å². The van der Waals surface area contributed by atoms with Gasteiger partial charge in [0.15, 0.2) is 5.78 Å². The molecule has 0 bridgehead atoms. The van der Waals surface area contributed by atoms with Gasteiger partial charge < -0.3 is 41.2 Å². The first-order valence-electron chi connectivity index (χ1n) is 18.5. The van der Waals surface area contributed by atoms with Crippen LogP contribution in [0.5, 0.6) is 0 Å². The molecule has 0 spiro atoms. The van der Waals surface area contributed by atoms with E-state index in [2.05, 4.69) is 26.6 Å². The molecule has 0 aliphatic carbocycles. The number of aliphatic hydroxyl groups is 1. The number of hydrogen-bond donors (Lipinski definition) is 6. The van der Waals surface area contributed by atoms with Gasteiger partial charge in [-0.15, -0.1) is 0 Å². The third-order valence-electron chi connectivity index (χ3n) is 8.88. The van der Waals surface area contributed by atoms with Crippen molar-refractivity contribution in [2.75, 3.05) is 25.0 Å². The van der Waals surface area contributed by atoms with Gasteiger partial charge in [0.2, 0.25) is 17.7 Å². The monoisotopic (exact) mass is 917 g/mol. The molecule has 1 aromatic heterocycles. The minimum atomic E-state index is -5.08. The molecule has 2 aromatic carbocycles. The Labute approximate surface area is 351 Å². The Hall–Kier alpha value is -5.21. The average molecular weight is 919 g/mol. The lowest BCUT2D eigenvalue weighted by atomic mass is 9.82. The van der Waals surface area contributed by atoms with Crippen LogP contribution in [0.2, 0.25) is 0 Å². The van der Waals surface area contributed by atoms with E-state index < -0.39 is 77.6 Å². The van der Waals surface area contributed by atoms with Crippen molar-refractivity contribution in [2.24, 2.45) is 11.1 Å². The molecule has 0 saturated heterocycles. The Morgan fingerprint density at radius 3 is 2.12 bits per heavy atom. The molecule has 0 aliphatic rings. The Morgan fingerprint density at radius 1 is 0.933 bits per heavy atom. The highest BCUT2D eigenvalue weighted by molar-refractivity contribution is 9.09. The molecule has 14 nitrogen and oxygen atoms in total. The predicted molar refractivity (Wildman–Crippen MR) is 212 cm³/mol. The van der Waals surface area contributed by atoms with Crippen LogP contribution in [0, 0.1) is 17.0 Å². The topological polar surface area (TPSA) is 221 Å². The molecule has 1 heterocycles. The van der Waals surface area contributed by atoms with Crippen LogP contribution in [0.25, 0.3) is 11.1 Å². The van der Waals surface area contributed by atoms with E-state index >= 15 is 4.39 Å². The van der Waals surface area contributed by atoms with Crippen molar-refractivity contribution in [3.05, 3.63) is 83.7 Å². The first kappa shape index (κ1) is 50.9. The quantitative estimate of drug-likeness (QED) is 0.0509. The number of amides is 3. The van der Waals surface area contributed by atoms with Crippen LogP contribution in [0.15, 0.2) is 60.8 Å². The van der Waals surface area contributed by atoms with Gasteiger partial charge in [-0.25, -0.2) is 13.6 Å². The van der Waals surface area contributed by atoms with E-state index in [0.29, 0.717) is 17.8 Å². The molecule has 20 heteroatoms. The van der Waals surface area contributed by atoms with Crippen LogP contribution < -0.4 is 16.4 Å². The van der Waals surface area contributed by atoms with E-state index in [9.17, 15) is 46.6 Å². The van der Waals surface area contributed by atoms with Crippen molar-refractivity contribution in [3.8, 4) is 11.1 Å². The number of ketones is 1. The van der Waals surface area contributed by atoms with E-state index in [4.69, 9.17) is 20.7 Å². The van der Waals surface area contributed by atoms with E-state index in [1.165, 1.54) is 4.90 Å². The maximum Gasteiger partial charge on any atom is 0.490 e. The second-order valence-corrected chi connectivity index (χ2v) is 15.2. The summed E-state index contributed by atoms with van der Waals surface area (Å²) in [5.41, 5.74) is 7.55. The lowest BCUT2D eigenvalue weighted by molar-refractivity contribution is -0.192. The van der Waals surface area contributed by atoms with Crippen LogP contribution in [-0.4, -0.2) is 104 Å². The number of aliphatic carboxylic acids is 2. The first-order valence-corrected chi connectivity index (χ1v) is 19.6. The molecule has 0 saturated carbocycles. The van der Waals surface area contributed by atoms with Gasteiger partial charge >= 0.3 is 18.1 Å². The zero-order valence-electron chi connectivity index (χ0n) is 33.1. The number of nitrogens with one attached hydrogen (secondary N) is 2. The van der Waals surface area contributed by atoms with Gasteiger partial charge in [-0.1, -0.05) is 67.0 Å². The molecular weight excluding hydrogens is 869 g/mol. The zero-order chi connectivity index (χ0) is 45.4. The molecule has 0 aliphatic heterocycles. The molecule has 3 atom stereocenters. The Balaban J connectivity index is 0.00000162. The number of carboxylic acids is 2. The Morgan fingerprint density at radius 2 is 1.57 bits per heavy atom. The molecule has 0 unspecified atom stereocenters. The lowest BCUT2D eigenvalue weighted by Gasteiger charge is -2.41. The number of nitrogens with zero attached hydrogens (tertiary/aromatic N) is 2. The molecule has 0 radical (unpaired) electrons. The number of carbonyl (C=O) groups excluding carboxylic acids is 4. The van der Waals surface area contributed by atoms with Crippen molar-refractivity contribution in [1.82, 2.24) is 20.1 Å². The molecule has 3 amide bonds. The van der Waals surface area contributed by atoms with Gasteiger partial charge in [0, 0.05) is 55.5 Å². The summed E-state index contributed by atoms with van der Waals surface area (Å²) < 4.78 is 62.9. The number of aliphatic hydroxyl groups excluding tert-OH is 1. The van der Waals surface area contributed by atoms with Gasteiger partial charge in [0.1, 0.15) is 18.2 Å². The maximum absolute atomic E-state index is 15.0. The predicted octanol–water partition coefficient (Wildman–Crippen LogP) is 4.95. The summed E-state index contributed by atoms with van der Waals surface area (Å²) >= 11 is 3.00. The molecular formula is C40H49BrF5N5O9. The number of rotatable bonds is 20. The Kier molecular flexibility index (Phi) is 20.0. The van der Waals surface area contributed by atoms with E-state index in [1.807, 2.05) is 55.7 Å². The number of hydrogen-bond acceptors (Lipinski definition) is 8. The number of benzene rings is 2. The summed E-state index contributed by atoms with van der Waals surface area (Å²) in [5.74, 6) is -7.07. The number of Topliss-reactive ketones (excluding diaryl/α,β-unsaturated/α-hetero) is 1. The van der Waals surface area contributed by atoms with Gasteiger partial charge in [-0.3, -0.25) is 24.0 Å². The van der Waals surface area contributed by atoms with Crippen molar-refractivity contribution >= 4 is 51.4 Å². The standard InChI is InChI=1S/C38H48BrF2N5O7.C2HF3O2/c1-38(2,3)36(31-18-25(27-19-26(40)11-12-28(27)41)22-45(31)21-24-8-5-4-6-9-24)46(34(50)23-47)17-15-29(42)37(53)43-16-7-10-32(48)30(13-14-35(51)52)44-33(49)20-39;3-2(4,5)1(6)7/h4-6,8-9,11-12,18-19,22,29-30,36,47H,7,10,13-17,20-21,23,42H2,1-3H3,(H,43,53)(H,44,49)(H,51,52);(H,6,7)/t29-,30+,36-;/m0./s1. The SMILES string of the molecule is CC(C)(C)[C@H](c1cc(-c2cc(F)ccc2F)cn1Cc1ccccc1)N(CC[C@H](N)C(=O)NCCCC(=O)[C@@H](CCC(=O)O)NC(=O)CBr)C(=O)CO.O=C(O)C(F)(F)F. The molecule has 0 fully saturated rings.